The SMILES string of the molecule is COC(=O)CC(C)N(C)C(C)Cc1ccccc1OC. The quantitative estimate of drug-likeness (QED) is 0.719. The van der Waals surface area contributed by atoms with Crippen LogP contribution in [0.25, 0.3) is 0 Å². The standard InChI is InChI=1S/C16H25NO3/c1-12(17(3)13(2)11-16(18)20-5)10-14-8-6-7-9-15(14)19-4/h6-9,12-13H,10-11H2,1-5H3. The molecule has 0 fully saturated rings. The molecule has 0 aliphatic carbocycles. The Hall–Kier alpha value is -1.55. The Labute approximate surface area is 121 Å². The summed E-state index contributed by atoms with van der Waals surface area (Å²) < 4.78 is 10.1. The van der Waals surface area contributed by atoms with Gasteiger partial charge >= 0.3 is 5.97 Å². The first-order chi connectivity index (χ1) is 9.49. The lowest BCUT2D eigenvalue weighted by molar-refractivity contribution is -0.141. The first-order valence-corrected chi connectivity index (χ1v) is 6.90. The van der Waals surface area contributed by atoms with Gasteiger partial charge in [0.1, 0.15) is 5.75 Å². The second-order valence-electron chi connectivity index (χ2n) is 5.16. The van der Waals surface area contributed by atoms with Gasteiger partial charge < -0.3 is 14.4 Å². The summed E-state index contributed by atoms with van der Waals surface area (Å²) in [7, 11) is 5.15. The number of carbonyl (C=O) groups excluding carboxylic acids is 1. The molecular formula is C16H25NO3. The highest BCUT2D eigenvalue weighted by molar-refractivity contribution is 5.69. The van der Waals surface area contributed by atoms with Crippen molar-refractivity contribution in [2.75, 3.05) is 21.3 Å². The smallest absolute Gasteiger partial charge is 0.307 e. The van der Waals surface area contributed by atoms with E-state index < -0.39 is 0 Å². The zero-order chi connectivity index (χ0) is 15.1. The van der Waals surface area contributed by atoms with Gasteiger partial charge in [0.2, 0.25) is 0 Å². The average Bonchev–Trinajstić information content (AvgIpc) is 2.46. The lowest BCUT2D eigenvalue weighted by Crippen LogP contribution is -2.39. The average molecular weight is 279 g/mol. The minimum atomic E-state index is -0.172. The molecule has 2 unspecified atom stereocenters. The molecule has 4 nitrogen and oxygen atoms in total. The van der Waals surface area contributed by atoms with Crippen LogP contribution in [-0.2, 0) is 16.0 Å². The highest BCUT2D eigenvalue weighted by atomic mass is 16.5. The summed E-state index contributed by atoms with van der Waals surface area (Å²) in [5, 5.41) is 0. The maximum atomic E-state index is 11.3. The van der Waals surface area contributed by atoms with Crippen molar-refractivity contribution in [2.24, 2.45) is 0 Å². The molecule has 20 heavy (non-hydrogen) atoms. The molecule has 0 radical (unpaired) electrons. The molecule has 0 amide bonds. The summed E-state index contributed by atoms with van der Waals surface area (Å²) in [6.45, 7) is 4.19. The van der Waals surface area contributed by atoms with Gasteiger partial charge in [0.25, 0.3) is 0 Å². The predicted octanol–water partition coefficient (Wildman–Crippen LogP) is 2.51. The Balaban J connectivity index is 2.65. The fourth-order valence-corrected chi connectivity index (χ4v) is 2.24. The number of para-hydroxylation sites is 1. The van der Waals surface area contributed by atoms with Gasteiger partial charge in [-0.15, -0.1) is 0 Å². The molecule has 0 N–H and O–H groups in total. The molecule has 1 aromatic carbocycles. The number of hydrogen-bond acceptors (Lipinski definition) is 4. The second-order valence-corrected chi connectivity index (χ2v) is 5.16. The van der Waals surface area contributed by atoms with Crippen LogP contribution in [0, 0.1) is 0 Å². The summed E-state index contributed by atoms with van der Waals surface area (Å²) in [6, 6.07) is 8.49. The van der Waals surface area contributed by atoms with E-state index in [0.717, 1.165) is 12.2 Å². The molecule has 0 heterocycles. The van der Waals surface area contributed by atoms with Crippen molar-refractivity contribution >= 4 is 5.97 Å². The van der Waals surface area contributed by atoms with E-state index in [0.29, 0.717) is 12.5 Å². The van der Waals surface area contributed by atoms with Gasteiger partial charge in [-0.2, -0.15) is 0 Å². The van der Waals surface area contributed by atoms with Gasteiger partial charge in [-0.05, 0) is 38.9 Å². The zero-order valence-corrected chi connectivity index (χ0v) is 13.1. The summed E-state index contributed by atoms with van der Waals surface area (Å²) in [6.07, 6.45) is 1.29. The Bertz CT molecular complexity index is 433. The van der Waals surface area contributed by atoms with Gasteiger partial charge in [0.15, 0.2) is 0 Å². The maximum absolute atomic E-state index is 11.3. The number of methoxy groups -OCH3 is 2. The van der Waals surface area contributed by atoms with E-state index in [-0.39, 0.29) is 12.0 Å². The summed E-state index contributed by atoms with van der Waals surface area (Å²) in [5.41, 5.74) is 1.18. The van der Waals surface area contributed by atoms with Crippen LogP contribution in [0.1, 0.15) is 25.8 Å². The molecule has 0 bridgehead atoms. The Kier molecular flexibility index (Phi) is 6.52. The van der Waals surface area contributed by atoms with E-state index in [1.165, 1.54) is 12.7 Å². The topological polar surface area (TPSA) is 38.8 Å². The lowest BCUT2D eigenvalue weighted by atomic mass is 10.0. The number of nitrogens with zero attached hydrogens (tertiary/aromatic N) is 1. The van der Waals surface area contributed by atoms with Crippen LogP contribution >= 0.6 is 0 Å². The van der Waals surface area contributed by atoms with Crippen molar-refractivity contribution in [1.82, 2.24) is 4.90 Å². The van der Waals surface area contributed by atoms with E-state index in [2.05, 4.69) is 17.9 Å². The van der Waals surface area contributed by atoms with Gasteiger partial charge in [-0.1, -0.05) is 18.2 Å². The van der Waals surface area contributed by atoms with Gasteiger partial charge in [-0.3, -0.25) is 4.79 Å². The van der Waals surface area contributed by atoms with E-state index in [9.17, 15) is 4.79 Å². The molecule has 0 spiro atoms. The lowest BCUT2D eigenvalue weighted by Gasteiger charge is -2.30. The molecule has 112 valence electrons. The predicted molar refractivity (Wildman–Crippen MR) is 80.0 cm³/mol. The zero-order valence-electron chi connectivity index (χ0n) is 13.1. The van der Waals surface area contributed by atoms with E-state index in [1.54, 1.807) is 7.11 Å². The van der Waals surface area contributed by atoms with E-state index in [4.69, 9.17) is 9.47 Å². The number of rotatable bonds is 7. The van der Waals surface area contributed by atoms with Crippen LogP contribution in [0.4, 0.5) is 0 Å². The molecule has 0 aromatic heterocycles. The van der Waals surface area contributed by atoms with Crippen LogP contribution in [-0.4, -0.2) is 44.2 Å². The van der Waals surface area contributed by atoms with E-state index in [1.807, 2.05) is 32.2 Å². The molecule has 0 aliphatic rings. The van der Waals surface area contributed by atoms with Crippen molar-refractivity contribution < 1.29 is 14.3 Å². The third kappa shape index (κ3) is 4.53. The number of carbonyl (C=O) groups is 1. The largest absolute Gasteiger partial charge is 0.496 e. The van der Waals surface area contributed by atoms with Crippen LogP contribution in [0.5, 0.6) is 5.75 Å². The van der Waals surface area contributed by atoms with Crippen LogP contribution in [0.3, 0.4) is 0 Å². The fourth-order valence-electron chi connectivity index (χ4n) is 2.24. The van der Waals surface area contributed by atoms with Crippen molar-refractivity contribution in [3.05, 3.63) is 29.8 Å². The Morgan fingerprint density at radius 2 is 1.85 bits per heavy atom. The normalized spacial score (nSPS) is 13.9. The van der Waals surface area contributed by atoms with Gasteiger partial charge in [-0.25, -0.2) is 0 Å². The minimum Gasteiger partial charge on any atom is -0.496 e. The summed E-state index contributed by atoms with van der Waals surface area (Å²) in [4.78, 5) is 13.5. The molecule has 0 aliphatic heterocycles. The first-order valence-electron chi connectivity index (χ1n) is 6.90. The second kappa shape index (κ2) is 7.90. The van der Waals surface area contributed by atoms with Crippen LogP contribution in [0.15, 0.2) is 24.3 Å². The number of ether oxygens (including phenoxy) is 2. The fraction of sp³-hybridized carbons (Fsp3) is 0.562. The van der Waals surface area contributed by atoms with Crippen molar-refractivity contribution in [3.8, 4) is 5.75 Å². The molecule has 4 heteroatoms. The van der Waals surface area contributed by atoms with Crippen molar-refractivity contribution in [2.45, 2.75) is 38.8 Å². The summed E-state index contributed by atoms with van der Waals surface area (Å²) in [5.74, 6) is 0.738. The number of hydrogen-bond donors (Lipinski definition) is 0. The Morgan fingerprint density at radius 1 is 1.20 bits per heavy atom. The highest BCUT2D eigenvalue weighted by Gasteiger charge is 2.20. The highest BCUT2D eigenvalue weighted by Crippen LogP contribution is 2.21. The van der Waals surface area contributed by atoms with Crippen molar-refractivity contribution in [1.29, 1.82) is 0 Å². The Morgan fingerprint density at radius 3 is 2.45 bits per heavy atom. The molecule has 1 aromatic rings. The number of likely N-dealkylation sites (N-methyl/N-ethyl adjacent to an activating group) is 1. The van der Waals surface area contributed by atoms with Crippen molar-refractivity contribution in [3.63, 3.8) is 0 Å². The van der Waals surface area contributed by atoms with Crippen LogP contribution < -0.4 is 4.74 Å². The van der Waals surface area contributed by atoms with Gasteiger partial charge in [0, 0.05) is 12.1 Å². The number of benzene rings is 1. The molecular weight excluding hydrogens is 254 g/mol. The van der Waals surface area contributed by atoms with Gasteiger partial charge in [0.05, 0.1) is 20.6 Å². The third-order valence-corrected chi connectivity index (χ3v) is 3.79. The van der Waals surface area contributed by atoms with E-state index >= 15 is 0 Å². The molecule has 0 saturated carbocycles. The molecule has 0 saturated heterocycles. The first kappa shape index (κ1) is 16.5. The number of esters is 1. The molecule has 2 atom stereocenters. The third-order valence-electron chi connectivity index (χ3n) is 3.79. The van der Waals surface area contributed by atoms with Crippen LogP contribution in [0.2, 0.25) is 0 Å². The maximum Gasteiger partial charge on any atom is 0.307 e. The monoisotopic (exact) mass is 279 g/mol. The summed E-state index contributed by atoms with van der Waals surface area (Å²) >= 11 is 0. The molecule has 1 rings (SSSR count). The minimum absolute atomic E-state index is 0.146.